The van der Waals surface area contributed by atoms with Gasteiger partial charge in [0.1, 0.15) is 18.1 Å². The van der Waals surface area contributed by atoms with Crippen LogP contribution in [0.4, 0.5) is 0 Å². The molecule has 192 valence electrons. The van der Waals surface area contributed by atoms with E-state index >= 15 is 0 Å². The first-order valence-corrected chi connectivity index (χ1v) is 10.8. The van der Waals surface area contributed by atoms with E-state index in [-0.39, 0.29) is 25.7 Å². The van der Waals surface area contributed by atoms with Gasteiger partial charge in [0.2, 0.25) is 23.6 Å². The summed E-state index contributed by atoms with van der Waals surface area (Å²) in [6.07, 6.45) is -0.983. The third-order valence-electron chi connectivity index (χ3n) is 4.97. The van der Waals surface area contributed by atoms with E-state index in [4.69, 9.17) is 16.6 Å². The first-order valence-electron chi connectivity index (χ1n) is 10.8. The van der Waals surface area contributed by atoms with Gasteiger partial charge >= 0.3 is 11.9 Å². The van der Waals surface area contributed by atoms with Crippen LogP contribution in [0, 0.1) is 0 Å². The number of hydrogen-bond donors (Lipinski definition) is 7. The molecule has 0 aromatic heterocycles. The molecule has 0 radical (unpaired) electrons. The van der Waals surface area contributed by atoms with Gasteiger partial charge in [0, 0.05) is 19.3 Å². The van der Waals surface area contributed by atoms with Crippen LogP contribution in [0.2, 0.25) is 0 Å². The first-order chi connectivity index (χ1) is 16.4. The highest BCUT2D eigenvalue weighted by atomic mass is 16.4. The van der Waals surface area contributed by atoms with Gasteiger partial charge in [-0.25, -0.2) is 4.79 Å². The minimum absolute atomic E-state index is 0.0169. The van der Waals surface area contributed by atoms with E-state index < -0.39 is 66.2 Å². The summed E-state index contributed by atoms with van der Waals surface area (Å²) in [6, 6.07) is 3.66. The van der Waals surface area contributed by atoms with Crippen LogP contribution < -0.4 is 27.4 Å². The zero-order valence-electron chi connectivity index (χ0n) is 19.2. The summed E-state index contributed by atoms with van der Waals surface area (Å²) in [4.78, 5) is 70.9. The molecule has 35 heavy (non-hydrogen) atoms. The van der Waals surface area contributed by atoms with Crippen molar-refractivity contribution in [3.05, 3.63) is 35.9 Å². The quantitative estimate of drug-likeness (QED) is 0.146. The molecule has 0 aliphatic heterocycles. The maximum absolute atomic E-state index is 12.7. The van der Waals surface area contributed by atoms with Crippen LogP contribution in [0.1, 0.15) is 38.2 Å². The molecule has 0 saturated carbocycles. The number of rotatable bonds is 15. The molecule has 13 nitrogen and oxygen atoms in total. The van der Waals surface area contributed by atoms with Crippen LogP contribution in [-0.2, 0) is 35.2 Å². The molecule has 0 aliphatic carbocycles. The number of nitrogens with one attached hydrogen (secondary N) is 3. The Morgan fingerprint density at radius 3 is 1.97 bits per heavy atom. The van der Waals surface area contributed by atoms with Crippen molar-refractivity contribution in [1.82, 2.24) is 16.0 Å². The van der Waals surface area contributed by atoms with Gasteiger partial charge in [-0.3, -0.25) is 24.0 Å². The number of primary amides is 1. The Morgan fingerprint density at radius 1 is 0.829 bits per heavy atom. The smallest absolute Gasteiger partial charge is 0.326 e. The van der Waals surface area contributed by atoms with E-state index in [1.807, 2.05) is 0 Å². The van der Waals surface area contributed by atoms with E-state index in [1.165, 1.54) is 6.92 Å². The molecule has 1 aromatic carbocycles. The number of carbonyl (C=O) groups excluding carboxylic acids is 4. The number of hydrogen-bond acceptors (Lipinski definition) is 7. The molecule has 0 heterocycles. The van der Waals surface area contributed by atoms with Gasteiger partial charge in [0.25, 0.3) is 0 Å². The number of aliphatic carboxylic acids is 2. The molecule has 4 atom stereocenters. The van der Waals surface area contributed by atoms with Gasteiger partial charge in [0.15, 0.2) is 0 Å². The highest BCUT2D eigenvalue weighted by molar-refractivity contribution is 5.94. The van der Waals surface area contributed by atoms with E-state index in [0.29, 0.717) is 5.56 Å². The summed E-state index contributed by atoms with van der Waals surface area (Å²) in [5.41, 5.74) is 11.4. The maximum atomic E-state index is 12.7. The Hall–Kier alpha value is -4.00. The SMILES string of the molecule is CC(NC(=O)C(CCC(=O)O)NC(=O)C(N)CCC(N)=O)C(=O)NC(Cc1ccccc1)C(=O)O. The van der Waals surface area contributed by atoms with Crippen molar-refractivity contribution in [2.45, 2.75) is 63.2 Å². The van der Waals surface area contributed by atoms with Crippen LogP contribution >= 0.6 is 0 Å². The molecule has 4 unspecified atom stereocenters. The molecule has 1 rings (SSSR count). The minimum Gasteiger partial charge on any atom is -0.481 e. The van der Waals surface area contributed by atoms with Crippen molar-refractivity contribution in [2.24, 2.45) is 11.5 Å². The fourth-order valence-corrected chi connectivity index (χ4v) is 2.97. The standard InChI is InChI=1S/C22H31N5O8/c1-12(19(31)27-16(22(34)35)11-13-5-3-2-4-6-13)25-21(33)15(8-10-18(29)30)26-20(32)14(23)7-9-17(24)28/h2-6,12,14-16H,7-11,23H2,1H3,(H2,24,28)(H,25,33)(H,26,32)(H,27,31)(H,29,30)(H,34,35). The van der Waals surface area contributed by atoms with Crippen molar-refractivity contribution in [3.8, 4) is 0 Å². The molecular weight excluding hydrogens is 462 g/mol. The number of carbonyl (C=O) groups is 6. The molecule has 0 bridgehead atoms. The summed E-state index contributed by atoms with van der Waals surface area (Å²) < 4.78 is 0. The molecule has 0 aliphatic rings. The predicted molar refractivity (Wildman–Crippen MR) is 123 cm³/mol. The lowest BCUT2D eigenvalue weighted by molar-refractivity contribution is -0.142. The fourth-order valence-electron chi connectivity index (χ4n) is 2.97. The van der Waals surface area contributed by atoms with E-state index in [0.717, 1.165) is 0 Å². The predicted octanol–water partition coefficient (Wildman–Crippen LogP) is -1.75. The fraction of sp³-hybridized carbons (Fsp3) is 0.455. The van der Waals surface area contributed by atoms with Gasteiger partial charge in [-0.1, -0.05) is 30.3 Å². The highest BCUT2D eigenvalue weighted by Gasteiger charge is 2.28. The molecule has 13 heteroatoms. The molecule has 4 amide bonds. The van der Waals surface area contributed by atoms with Gasteiger partial charge in [-0.05, 0) is 25.3 Å². The Kier molecular flexibility index (Phi) is 11.9. The second kappa shape index (κ2) is 14.3. The van der Waals surface area contributed by atoms with E-state index in [1.54, 1.807) is 30.3 Å². The zero-order chi connectivity index (χ0) is 26.5. The first kappa shape index (κ1) is 29.0. The van der Waals surface area contributed by atoms with Crippen molar-refractivity contribution in [1.29, 1.82) is 0 Å². The average Bonchev–Trinajstić information content (AvgIpc) is 2.79. The monoisotopic (exact) mass is 493 g/mol. The summed E-state index contributed by atoms with van der Waals surface area (Å²) >= 11 is 0. The summed E-state index contributed by atoms with van der Waals surface area (Å²) in [5, 5.41) is 25.4. The second-order valence-electron chi connectivity index (χ2n) is 7.92. The van der Waals surface area contributed by atoms with Crippen LogP contribution in [0.5, 0.6) is 0 Å². The third-order valence-corrected chi connectivity index (χ3v) is 4.97. The highest BCUT2D eigenvalue weighted by Crippen LogP contribution is 2.05. The Labute approximate surface area is 201 Å². The van der Waals surface area contributed by atoms with Crippen LogP contribution in [0.15, 0.2) is 30.3 Å². The van der Waals surface area contributed by atoms with Crippen LogP contribution in [0.25, 0.3) is 0 Å². The third kappa shape index (κ3) is 11.1. The molecule has 9 N–H and O–H groups in total. The average molecular weight is 494 g/mol. The number of benzene rings is 1. The van der Waals surface area contributed by atoms with Crippen LogP contribution in [-0.4, -0.2) is 69.9 Å². The van der Waals surface area contributed by atoms with Gasteiger partial charge in [0.05, 0.1) is 6.04 Å². The van der Waals surface area contributed by atoms with Gasteiger partial charge < -0.3 is 37.6 Å². The van der Waals surface area contributed by atoms with Gasteiger partial charge in [-0.2, -0.15) is 0 Å². The number of carboxylic acid groups (broad SMARTS) is 2. The Bertz CT molecular complexity index is 924. The number of carboxylic acids is 2. The molecule has 1 aromatic rings. The van der Waals surface area contributed by atoms with Crippen molar-refractivity contribution in [2.75, 3.05) is 0 Å². The van der Waals surface area contributed by atoms with Gasteiger partial charge in [-0.15, -0.1) is 0 Å². The second-order valence-corrected chi connectivity index (χ2v) is 7.92. The van der Waals surface area contributed by atoms with Crippen molar-refractivity contribution < 1.29 is 39.0 Å². The van der Waals surface area contributed by atoms with Crippen molar-refractivity contribution >= 4 is 35.6 Å². The summed E-state index contributed by atoms with van der Waals surface area (Å²) in [7, 11) is 0. The Morgan fingerprint density at radius 2 is 1.43 bits per heavy atom. The summed E-state index contributed by atoms with van der Waals surface area (Å²) in [6.45, 7) is 1.31. The molecule has 0 spiro atoms. The molecular formula is C22H31N5O8. The zero-order valence-corrected chi connectivity index (χ0v) is 19.2. The van der Waals surface area contributed by atoms with E-state index in [2.05, 4.69) is 16.0 Å². The number of nitrogens with two attached hydrogens (primary N) is 2. The largest absolute Gasteiger partial charge is 0.481 e. The Balaban J connectivity index is 2.79. The van der Waals surface area contributed by atoms with Crippen molar-refractivity contribution in [3.63, 3.8) is 0 Å². The minimum atomic E-state index is -1.34. The lowest BCUT2D eigenvalue weighted by atomic mass is 10.1. The normalized spacial score (nSPS) is 14.0. The summed E-state index contributed by atoms with van der Waals surface area (Å²) in [5.74, 6) is -5.60. The number of amides is 4. The lowest BCUT2D eigenvalue weighted by Gasteiger charge is -2.23. The molecule has 0 fully saturated rings. The lowest BCUT2D eigenvalue weighted by Crippen LogP contribution is -2.56. The maximum Gasteiger partial charge on any atom is 0.326 e. The van der Waals surface area contributed by atoms with E-state index in [9.17, 15) is 33.9 Å². The topological polar surface area (TPSA) is 231 Å². The molecule has 0 saturated heterocycles. The van der Waals surface area contributed by atoms with Crippen LogP contribution in [0.3, 0.4) is 0 Å².